The predicted molar refractivity (Wildman–Crippen MR) is 116 cm³/mol. The number of fused-ring (bicyclic) bond motifs is 1. The Kier molecular flexibility index (Phi) is 5.75. The molecule has 0 bridgehead atoms. The second-order valence-electron chi connectivity index (χ2n) is 7.74. The molecule has 1 amide bonds. The van der Waals surface area contributed by atoms with E-state index in [1.54, 1.807) is 29.1 Å². The van der Waals surface area contributed by atoms with Crippen LogP contribution < -0.4 is 10.9 Å². The molecule has 0 spiro atoms. The lowest BCUT2D eigenvalue weighted by Gasteiger charge is -2.26. The van der Waals surface area contributed by atoms with Gasteiger partial charge in [0.25, 0.3) is 5.91 Å². The van der Waals surface area contributed by atoms with Gasteiger partial charge in [-0.3, -0.25) is 10.2 Å². The van der Waals surface area contributed by atoms with Crippen LogP contribution in [0.25, 0.3) is 10.9 Å². The molecule has 33 heavy (non-hydrogen) atoms. The Bertz CT molecular complexity index is 1260. The summed E-state index contributed by atoms with van der Waals surface area (Å²) in [5.74, 6) is -0.990. The molecule has 6 nitrogen and oxygen atoms in total. The average molecular weight is 459 g/mol. The predicted octanol–water partition coefficient (Wildman–Crippen LogP) is 4.23. The van der Waals surface area contributed by atoms with E-state index in [2.05, 4.69) is 10.9 Å². The number of rotatable bonds is 5. The molecule has 1 aliphatic rings. The van der Waals surface area contributed by atoms with Crippen LogP contribution in [0.2, 0.25) is 0 Å². The molecule has 2 heterocycles. The van der Waals surface area contributed by atoms with E-state index in [0.29, 0.717) is 11.1 Å². The highest BCUT2D eigenvalue weighted by atomic mass is 19.4. The van der Waals surface area contributed by atoms with Gasteiger partial charge in [0.15, 0.2) is 0 Å². The number of nitrogens with zero attached hydrogens (tertiary/aromatic N) is 3. The highest BCUT2D eigenvalue weighted by Crippen LogP contribution is 2.32. The number of likely N-dealkylation sites (N-methyl/N-ethyl adjacent to an activating group) is 1. The van der Waals surface area contributed by atoms with E-state index in [0.717, 1.165) is 17.8 Å². The van der Waals surface area contributed by atoms with Crippen molar-refractivity contribution in [1.29, 1.82) is 0 Å². The van der Waals surface area contributed by atoms with E-state index in [4.69, 9.17) is 0 Å². The van der Waals surface area contributed by atoms with Gasteiger partial charge in [-0.05, 0) is 48.0 Å². The Morgan fingerprint density at radius 2 is 1.91 bits per heavy atom. The quantitative estimate of drug-likeness (QED) is 0.561. The van der Waals surface area contributed by atoms with Gasteiger partial charge in [-0.1, -0.05) is 12.1 Å². The van der Waals surface area contributed by atoms with Gasteiger partial charge in [0.05, 0.1) is 11.3 Å². The fourth-order valence-electron chi connectivity index (χ4n) is 3.52. The first kappa shape index (κ1) is 22.3. The van der Waals surface area contributed by atoms with Gasteiger partial charge >= 0.3 is 6.18 Å². The molecule has 10 heteroatoms. The van der Waals surface area contributed by atoms with E-state index in [1.807, 2.05) is 19.0 Å². The van der Waals surface area contributed by atoms with Gasteiger partial charge < -0.3 is 9.47 Å². The molecule has 3 aromatic rings. The van der Waals surface area contributed by atoms with Crippen LogP contribution in [0.3, 0.4) is 0 Å². The number of alkyl halides is 3. The number of carbonyl (C=O) groups excluding carboxylic acids is 1. The normalized spacial score (nSPS) is 13.6. The van der Waals surface area contributed by atoms with Crippen molar-refractivity contribution in [2.24, 2.45) is 0 Å². The zero-order valence-corrected chi connectivity index (χ0v) is 17.8. The van der Waals surface area contributed by atoms with E-state index in [1.165, 1.54) is 35.4 Å². The molecule has 0 radical (unpaired) electrons. The number of aromatic nitrogens is 1. The third kappa shape index (κ3) is 4.79. The van der Waals surface area contributed by atoms with E-state index >= 15 is 0 Å². The lowest BCUT2D eigenvalue weighted by atomic mass is 10.1. The number of carbonyl (C=O) groups is 1. The number of amides is 1. The summed E-state index contributed by atoms with van der Waals surface area (Å²) in [5, 5.41) is 1.59. The molecule has 4 rings (SSSR count). The number of allylic oxidation sites excluding steroid dienone is 1. The minimum Gasteiger partial charge on any atom is -0.376 e. The maximum Gasteiger partial charge on any atom is 0.416 e. The Balaban J connectivity index is 1.69. The SMILES string of the molecule is CN(C)C1=CNN(NC(=O)c2cc3cc(C(F)(F)F)ccc3n2Cc2cccc(F)c2)C=C1. The molecule has 2 N–H and O–H groups in total. The van der Waals surface area contributed by atoms with Gasteiger partial charge in [0.1, 0.15) is 11.5 Å². The van der Waals surface area contributed by atoms with Crippen LogP contribution in [-0.2, 0) is 12.7 Å². The molecular formula is C23H21F4N5O. The van der Waals surface area contributed by atoms with Gasteiger partial charge in [-0.2, -0.15) is 13.2 Å². The summed E-state index contributed by atoms with van der Waals surface area (Å²) in [7, 11) is 3.73. The van der Waals surface area contributed by atoms with Gasteiger partial charge in [-0.15, -0.1) is 0 Å². The Hall–Kier alpha value is -3.95. The number of halogens is 4. The molecule has 172 valence electrons. The third-order valence-electron chi connectivity index (χ3n) is 5.18. The van der Waals surface area contributed by atoms with Crippen LogP contribution in [0.4, 0.5) is 17.6 Å². The van der Waals surface area contributed by atoms with Crippen LogP contribution >= 0.6 is 0 Å². The second kappa shape index (κ2) is 8.53. The highest BCUT2D eigenvalue weighted by molar-refractivity contribution is 5.98. The Morgan fingerprint density at radius 1 is 1.12 bits per heavy atom. The molecule has 0 saturated carbocycles. The van der Waals surface area contributed by atoms with E-state index in [-0.39, 0.29) is 17.6 Å². The minimum absolute atomic E-state index is 0.101. The van der Waals surface area contributed by atoms with Crippen molar-refractivity contribution in [2.75, 3.05) is 14.1 Å². The summed E-state index contributed by atoms with van der Waals surface area (Å²) in [6.45, 7) is 0.101. The topological polar surface area (TPSA) is 52.5 Å². The molecule has 0 fully saturated rings. The van der Waals surface area contributed by atoms with Crippen molar-refractivity contribution in [2.45, 2.75) is 12.7 Å². The number of hydrazine groups is 2. The zero-order chi connectivity index (χ0) is 23.8. The summed E-state index contributed by atoms with van der Waals surface area (Å²) in [6.07, 6.45) is 0.543. The van der Waals surface area contributed by atoms with E-state index < -0.39 is 23.5 Å². The second-order valence-corrected chi connectivity index (χ2v) is 7.74. The van der Waals surface area contributed by atoms with Crippen molar-refractivity contribution in [3.63, 3.8) is 0 Å². The van der Waals surface area contributed by atoms with Gasteiger partial charge in [0, 0.05) is 43.9 Å². The first-order chi connectivity index (χ1) is 15.6. The molecule has 0 unspecified atom stereocenters. The molecule has 0 saturated heterocycles. The molecule has 0 atom stereocenters. The molecular weight excluding hydrogens is 438 g/mol. The lowest BCUT2D eigenvalue weighted by Crippen LogP contribution is -2.47. The zero-order valence-electron chi connectivity index (χ0n) is 17.8. The monoisotopic (exact) mass is 459 g/mol. The fraction of sp³-hybridized carbons (Fsp3) is 0.174. The molecule has 1 aromatic heterocycles. The highest BCUT2D eigenvalue weighted by Gasteiger charge is 2.31. The largest absolute Gasteiger partial charge is 0.416 e. The minimum atomic E-state index is -4.51. The van der Waals surface area contributed by atoms with Crippen LogP contribution in [-0.4, -0.2) is 34.6 Å². The smallest absolute Gasteiger partial charge is 0.376 e. The first-order valence-corrected chi connectivity index (χ1v) is 9.99. The molecule has 0 aliphatic carbocycles. The van der Waals surface area contributed by atoms with Crippen molar-refractivity contribution in [3.05, 3.63) is 95.3 Å². The van der Waals surface area contributed by atoms with Crippen LogP contribution in [0.5, 0.6) is 0 Å². The standard InChI is InChI=1S/C23H21F4N5O/c1-30(2)19-8-9-32(28-13-19)29-22(33)21-12-16-11-17(23(25,26)27)6-7-20(16)31(21)14-15-4-3-5-18(24)10-15/h3-13,28H,14H2,1-2H3,(H,29,33). The maximum atomic E-state index is 13.7. The van der Waals surface area contributed by atoms with Crippen LogP contribution in [0, 0.1) is 5.82 Å². The number of nitrogens with one attached hydrogen (secondary N) is 2. The van der Waals surface area contributed by atoms with Crippen LogP contribution in [0.1, 0.15) is 21.6 Å². The summed E-state index contributed by atoms with van der Waals surface area (Å²) in [4.78, 5) is 15.0. The van der Waals surface area contributed by atoms with Crippen molar-refractivity contribution in [1.82, 2.24) is 25.4 Å². The fourth-order valence-corrected chi connectivity index (χ4v) is 3.52. The van der Waals surface area contributed by atoms with Gasteiger partial charge in [-0.25, -0.2) is 14.9 Å². The van der Waals surface area contributed by atoms with Gasteiger partial charge in [0.2, 0.25) is 0 Å². The van der Waals surface area contributed by atoms with Crippen molar-refractivity contribution < 1.29 is 22.4 Å². The van der Waals surface area contributed by atoms with Crippen molar-refractivity contribution >= 4 is 16.8 Å². The maximum absolute atomic E-state index is 13.7. The third-order valence-corrected chi connectivity index (χ3v) is 5.18. The number of hydrogen-bond acceptors (Lipinski definition) is 4. The summed E-state index contributed by atoms with van der Waals surface area (Å²) >= 11 is 0. The molecule has 2 aromatic carbocycles. The number of benzene rings is 2. The average Bonchev–Trinajstić information content (AvgIpc) is 3.11. The van der Waals surface area contributed by atoms with Crippen LogP contribution in [0.15, 0.2) is 72.7 Å². The first-order valence-electron chi connectivity index (χ1n) is 9.99. The van der Waals surface area contributed by atoms with Crippen molar-refractivity contribution in [3.8, 4) is 0 Å². The lowest BCUT2D eigenvalue weighted by molar-refractivity contribution is -0.137. The number of hydrogen-bond donors (Lipinski definition) is 2. The summed E-state index contributed by atoms with van der Waals surface area (Å²) < 4.78 is 54.9. The Morgan fingerprint density at radius 3 is 2.55 bits per heavy atom. The molecule has 1 aliphatic heterocycles. The Labute approximate surface area is 187 Å². The summed E-state index contributed by atoms with van der Waals surface area (Å²) in [6, 6.07) is 10.5. The summed E-state index contributed by atoms with van der Waals surface area (Å²) in [5.41, 5.74) is 6.73. The van der Waals surface area contributed by atoms with E-state index in [9.17, 15) is 22.4 Å².